The van der Waals surface area contributed by atoms with Crippen LogP contribution in [0.5, 0.6) is 0 Å². The molecule has 0 aromatic rings. The highest BCUT2D eigenvalue weighted by Crippen LogP contribution is 2.23. The number of carbonyl (C=O) groups excluding carboxylic acids is 2. The fraction of sp³-hybridized carbons (Fsp3) is 0.965. The van der Waals surface area contributed by atoms with Gasteiger partial charge in [0.1, 0.15) is 0 Å². The zero-order valence-electron chi connectivity index (χ0n) is 44.4. The summed E-state index contributed by atoms with van der Waals surface area (Å²) < 4.78 is 29.0. The third kappa shape index (κ3) is 46.3. The molecule has 0 saturated heterocycles. The minimum atomic E-state index is 0.0582. The van der Waals surface area contributed by atoms with E-state index in [0.29, 0.717) is 46.2 Å². The van der Waals surface area contributed by atoms with Gasteiger partial charge in [0.2, 0.25) is 0 Å². The molecule has 0 bridgehead atoms. The molecule has 0 heterocycles. The van der Waals surface area contributed by atoms with Crippen molar-refractivity contribution >= 4 is 11.9 Å². The predicted molar refractivity (Wildman–Crippen MR) is 277 cm³/mol. The van der Waals surface area contributed by atoms with Gasteiger partial charge in [-0.25, -0.2) is 0 Å². The third-order valence-corrected chi connectivity index (χ3v) is 13.2. The Balaban J connectivity index is 4.74. The Hall–Kier alpha value is -1.22. The fourth-order valence-corrected chi connectivity index (χ4v) is 8.82. The molecule has 0 amide bonds. The average molecular weight is 925 g/mol. The van der Waals surface area contributed by atoms with Gasteiger partial charge in [-0.15, -0.1) is 0 Å². The van der Waals surface area contributed by atoms with E-state index in [1.165, 1.54) is 128 Å². The van der Waals surface area contributed by atoms with Crippen LogP contribution >= 0.6 is 0 Å². The number of rotatable bonds is 55. The molecule has 0 aliphatic rings. The van der Waals surface area contributed by atoms with Crippen LogP contribution in [0.1, 0.15) is 272 Å². The van der Waals surface area contributed by atoms with E-state index < -0.39 is 0 Å². The Bertz CT molecular complexity index is 856. The molecule has 0 aliphatic carbocycles. The number of unbranched alkanes of at least 4 members (excludes halogenated alkanes) is 26. The van der Waals surface area contributed by atoms with Crippen molar-refractivity contribution in [2.45, 2.75) is 272 Å². The van der Waals surface area contributed by atoms with Crippen molar-refractivity contribution in [3.63, 3.8) is 0 Å². The molecule has 0 unspecified atom stereocenters. The molecule has 65 heavy (non-hydrogen) atoms. The lowest BCUT2D eigenvalue weighted by Gasteiger charge is -2.22. The quantitative estimate of drug-likeness (QED) is 0.0441. The van der Waals surface area contributed by atoms with Gasteiger partial charge in [-0.3, -0.25) is 9.59 Å². The molecule has 8 heteroatoms. The van der Waals surface area contributed by atoms with Gasteiger partial charge in [-0.2, -0.15) is 0 Å². The SMILES string of the molecule is CCCCCCCCC(CCCCCCCC)C(=O)OCCCCCCN(CCCCCCOC(=O)C(CCCCCCCC)CCCCCCCC)CCOCCOCCOCCC. The maximum Gasteiger partial charge on any atom is 0.308 e. The van der Waals surface area contributed by atoms with Crippen LogP contribution in [0, 0.1) is 11.8 Å². The van der Waals surface area contributed by atoms with E-state index in [0.717, 1.165) is 135 Å². The molecule has 0 rings (SSSR count). The molecule has 0 aromatic heterocycles. The largest absolute Gasteiger partial charge is 0.465 e. The van der Waals surface area contributed by atoms with E-state index in [-0.39, 0.29) is 23.8 Å². The van der Waals surface area contributed by atoms with Crippen molar-refractivity contribution in [3.8, 4) is 0 Å². The van der Waals surface area contributed by atoms with Gasteiger partial charge in [0.15, 0.2) is 0 Å². The minimum absolute atomic E-state index is 0.0582. The Labute approximate surface area is 405 Å². The Morgan fingerprint density at radius 3 is 0.938 bits per heavy atom. The smallest absolute Gasteiger partial charge is 0.308 e. The molecule has 0 aromatic carbocycles. The molecule has 0 saturated carbocycles. The van der Waals surface area contributed by atoms with E-state index in [1.54, 1.807) is 0 Å². The lowest BCUT2D eigenvalue weighted by molar-refractivity contribution is -0.150. The lowest BCUT2D eigenvalue weighted by atomic mass is 9.94. The van der Waals surface area contributed by atoms with Crippen LogP contribution in [0.15, 0.2) is 0 Å². The van der Waals surface area contributed by atoms with Crippen LogP contribution in [0.4, 0.5) is 0 Å². The predicted octanol–water partition coefficient (Wildman–Crippen LogP) is 16.2. The maximum atomic E-state index is 13.2. The lowest BCUT2D eigenvalue weighted by Crippen LogP contribution is -2.30. The zero-order valence-corrected chi connectivity index (χ0v) is 44.4. The highest BCUT2D eigenvalue weighted by Gasteiger charge is 2.20. The molecule has 0 atom stereocenters. The number of carbonyl (C=O) groups is 2. The topological polar surface area (TPSA) is 83.5 Å². The number of ether oxygens (including phenoxy) is 5. The molecule has 0 fully saturated rings. The van der Waals surface area contributed by atoms with Crippen LogP contribution in [0.3, 0.4) is 0 Å². The second kappa shape index (κ2) is 53.7. The van der Waals surface area contributed by atoms with E-state index in [4.69, 9.17) is 23.7 Å². The van der Waals surface area contributed by atoms with Crippen molar-refractivity contribution in [1.82, 2.24) is 4.90 Å². The normalized spacial score (nSPS) is 11.8. The second-order valence-corrected chi connectivity index (χ2v) is 19.5. The van der Waals surface area contributed by atoms with Gasteiger partial charge in [0.05, 0.1) is 58.1 Å². The van der Waals surface area contributed by atoms with E-state index in [1.807, 2.05) is 0 Å². The second-order valence-electron chi connectivity index (χ2n) is 19.5. The number of nitrogens with zero attached hydrogens (tertiary/aromatic N) is 1. The first-order valence-electron chi connectivity index (χ1n) is 28.8. The highest BCUT2D eigenvalue weighted by atomic mass is 16.5. The Morgan fingerprint density at radius 2 is 0.585 bits per heavy atom. The Morgan fingerprint density at radius 1 is 0.292 bits per heavy atom. The molecule has 8 nitrogen and oxygen atoms in total. The van der Waals surface area contributed by atoms with Crippen molar-refractivity contribution in [2.75, 3.05) is 72.5 Å². The van der Waals surface area contributed by atoms with E-state index >= 15 is 0 Å². The van der Waals surface area contributed by atoms with Crippen LogP contribution in [0.25, 0.3) is 0 Å². The third-order valence-electron chi connectivity index (χ3n) is 13.2. The first-order valence-corrected chi connectivity index (χ1v) is 28.8. The number of esters is 2. The summed E-state index contributed by atoms with van der Waals surface area (Å²) in [7, 11) is 0. The van der Waals surface area contributed by atoms with E-state index in [9.17, 15) is 9.59 Å². The summed E-state index contributed by atoms with van der Waals surface area (Å²) in [6.45, 7) is 19.3. The first kappa shape index (κ1) is 63.8. The van der Waals surface area contributed by atoms with Crippen LogP contribution < -0.4 is 0 Å². The molecular formula is C57H113NO7. The molecule has 388 valence electrons. The average Bonchev–Trinajstić information content (AvgIpc) is 3.31. The maximum absolute atomic E-state index is 13.2. The van der Waals surface area contributed by atoms with Crippen LogP contribution in [-0.4, -0.2) is 89.3 Å². The highest BCUT2D eigenvalue weighted by molar-refractivity contribution is 5.72. The van der Waals surface area contributed by atoms with Crippen molar-refractivity contribution in [3.05, 3.63) is 0 Å². The molecule has 0 N–H and O–H groups in total. The van der Waals surface area contributed by atoms with Crippen molar-refractivity contribution < 1.29 is 33.3 Å². The van der Waals surface area contributed by atoms with Crippen molar-refractivity contribution in [2.24, 2.45) is 11.8 Å². The Kier molecular flexibility index (Phi) is 52.7. The fourth-order valence-electron chi connectivity index (χ4n) is 8.82. The summed E-state index contributed by atoms with van der Waals surface area (Å²) in [6.07, 6.45) is 44.0. The van der Waals surface area contributed by atoms with E-state index in [2.05, 4.69) is 39.5 Å². The van der Waals surface area contributed by atoms with Gasteiger partial charge >= 0.3 is 11.9 Å². The van der Waals surface area contributed by atoms with Crippen LogP contribution in [-0.2, 0) is 33.3 Å². The summed E-state index contributed by atoms with van der Waals surface area (Å²) in [6, 6.07) is 0. The summed E-state index contributed by atoms with van der Waals surface area (Å²) >= 11 is 0. The molecule has 0 spiro atoms. The van der Waals surface area contributed by atoms with Crippen LogP contribution in [0.2, 0.25) is 0 Å². The number of hydrogen-bond donors (Lipinski definition) is 0. The van der Waals surface area contributed by atoms with Gasteiger partial charge in [-0.1, -0.05) is 214 Å². The molecular weight excluding hydrogens is 811 g/mol. The first-order chi connectivity index (χ1) is 32.0. The van der Waals surface area contributed by atoms with Gasteiger partial charge in [-0.05, 0) is 70.9 Å². The minimum Gasteiger partial charge on any atom is -0.465 e. The van der Waals surface area contributed by atoms with Crippen molar-refractivity contribution in [1.29, 1.82) is 0 Å². The monoisotopic (exact) mass is 924 g/mol. The molecule has 0 aliphatic heterocycles. The summed E-state index contributed by atoms with van der Waals surface area (Å²) in [5, 5.41) is 0. The zero-order chi connectivity index (χ0) is 47.4. The summed E-state index contributed by atoms with van der Waals surface area (Å²) in [4.78, 5) is 28.9. The number of hydrogen-bond acceptors (Lipinski definition) is 8. The molecule has 0 radical (unpaired) electrons. The van der Waals surface area contributed by atoms with Gasteiger partial charge < -0.3 is 28.6 Å². The van der Waals surface area contributed by atoms with Gasteiger partial charge in [0, 0.05) is 13.2 Å². The summed E-state index contributed by atoms with van der Waals surface area (Å²) in [5.74, 6) is 0.276. The van der Waals surface area contributed by atoms with Gasteiger partial charge in [0.25, 0.3) is 0 Å². The summed E-state index contributed by atoms with van der Waals surface area (Å²) in [5.41, 5.74) is 0. The standard InChI is InChI=1S/C57H113NO7/c1-6-11-15-19-23-31-39-54(40-32-24-20-16-12-7-2)56(59)64-47-37-29-27-35-43-58(45-49-62-51-53-63-52-50-61-46-10-5)44-36-28-30-38-48-65-57(60)55(41-33-25-21-17-13-8-3)42-34-26-22-18-14-9-4/h54-55H,6-53H2,1-5H3.